The summed E-state index contributed by atoms with van der Waals surface area (Å²) in [6, 6.07) is 5.43. The number of rotatable bonds is 4. The van der Waals surface area contributed by atoms with Crippen molar-refractivity contribution < 1.29 is 28.6 Å². The summed E-state index contributed by atoms with van der Waals surface area (Å²) in [5, 5.41) is 7.77. The molecule has 5 heterocycles. The fourth-order valence-electron chi connectivity index (χ4n) is 5.63. The summed E-state index contributed by atoms with van der Waals surface area (Å²) in [6.07, 6.45) is 5.05. The molecule has 3 aromatic heterocycles. The first-order valence-corrected chi connectivity index (χ1v) is 14.7. The van der Waals surface area contributed by atoms with Crippen LogP contribution >= 0.6 is 0 Å². The number of fused-ring (bicyclic) bond motifs is 1. The van der Waals surface area contributed by atoms with Crippen LogP contribution in [0.3, 0.4) is 0 Å². The van der Waals surface area contributed by atoms with Gasteiger partial charge in [-0.2, -0.15) is 5.10 Å². The zero-order chi connectivity index (χ0) is 31.6. The highest BCUT2D eigenvalue weighted by atomic mass is 16.7. The van der Waals surface area contributed by atoms with Gasteiger partial charge in [0.25, 0.3) is 5.79 Å². The van der Waals surface area contributed by atoms with Gasteiger partial charge in [0, 0.05) is 33.5 Å². The van der Waals surface area contributed by atoms with Gasteiger partial charge in [0.15, 0.2) is 11.2 Å². The lowest BCUT2D eigenvalue weighted by atomic mass is 10.1. The lowest BCUT2D eigenvalue weighted by Gasteiger charge is -2.43. The number of nitrogens with one attached hydrogen (secondary N) is 1. The number of esters is 2. The molecule has 44 heavy (non-hydrogen) atoms. The van der Waals surface area contributed by atoms with E-state index in [2.05, 4.69) is 25.3 Å². The zero-order valence-electron chi connectivity index (χ0n) is 26.1. The molecule has 1 aliphatic carbocycles. The molecule has 2 aliphatic heterocycles. The highest BCUT2D eigenvalue weighted by molar-refractivity contribution is 6.21. The minimum atomic E-state index is -1.40. The molecule has 1 N–H and O–H groups in total. The van der Waals surface area contributed by atoms with Crippen LogP contribution in [0.1, 0.15) is 64.4 Å². The highest BCUT2D eigenvalue weighted by Crippen LogP contribution is 2.45. The SMILES string of the molecule is Cc1cn2nc(C(Nc3ccc(N4CCN(C(=O)OC(C)(C)C)C5(CC5)C4)cn3)=C3C(=O)OC(C)(C)OC3=O)cc(C)c2n1. The molecule has 2 saturated heterocycles. The van der Waals surface area contributed by atoms with Gasteiger partial charge < -0.3 is 24.4 Å². The predicted molar refractivity (Wildman–Crippen MR) is 161 cm³/mol. The fourth-order valence-corrected chi connectivity index (χ4v) is 5.63. The maximum Gasteiger partial charge on any atom is 0.410 e. The molecule has 0 aromatic carbocycles. The van der Waals surface area contributed by atoms with E-state index in [0.29, 0.717) is 36.8 Å². The Balaban J connectivity index is 1.28. The highest BCUT2D eigenvalue weighted by Gasteiger charge is 2.54. The Morgan fingerprint density at radius 1 is 1.07 bits per heavy atom. The number of aryl methyl sites for hydroxylation is 2. The van der Waals surface area contributed by atoms with E-state index in [4.69, 9.17) is 14.2 Å². The van der Waals surface area contributed by atoms with Crippen LogP contribution in [0.5, 0.6) is 0 Å². The minimum absolute atomic E-state index is 0.106. The molecule has 0 radical (unpaired) electrons. The van der Waals surface area contributed by atoms with Crippen LogP contribution in [0.2, 0.25) is 0 Å². The van der Waals surface area contributed by atoms with Gasteiger partial charge in [-0.15, -0.1) is 0 Å². The van der Waals surface area contributed by atoms with Crippen LogP contribution in [-0.2, 0) is 23.8 Å². The number of hydrogen-bond donors (Lipinski definition) is 1. The molecular weight excluding hydrogens is 566 g/mol. The molecular formula is C31H37N7O6. The molecule has 0 atom stereocenters. The van der Waals surface area contributed by atoms with E-state index in [0.717, 1.165) is 29.8 Å². The number of carbonyl (C=O) groups excluding carboxylic acids is 3. The first-order valence-electron chi connectivity index (χ1n) is 14.7. The average molecular weight is 604 g/mol. The van der Waals surface area contributed by atoms with Crippen molar-refractivity contribution in [3.05, 3.63) is 53.1 Å². The van der Waals surface area contributed by atoms with Crippen molar-refractivity contribution in [3.8, 4) is 0 Å². The average Bonchev–Trinajstić information content (AvgIpc) is 3.55. The normalized spacial score (nSPS) is 19.1. The molecule has 0 unspecified atom stereocenters. The molecule has 1 saturated carbocycles. The number of imidazole rings is 1. The molecule has 3 fully saturated rings. The van der Waals surface area contributed by atoms with E-state index >= 15 is 0 Å². The summed E-state index contributed by atoms with van der Waals surface area (Å²) in [6.45, 7) is 14.2. The molecule has 3 aliphatic rings. The molecule has 0 bridgehead atoms. The van der Waals surface area contributed by atoms with Crippen molar-refractivity contribution >= 4 is 40.9 Å². The smallest absolute Gasteiger partial charge is 0.410 e. The number of piperazine rings is 1. The summed E-state index contributed by atoms with van der Waals surface area (Å²) in [4.78, 5) is 52.3. The zero-order valence-corrected chi connectivity index (χ0v) is 26.1. The summed E-state index contributed by atoms with van der Waals surface area (Å²) in [5.74, 6) is -2.67. The topological polar surface area (TPSA) is 140 Å². The van der Waals surface area contributed by atoms with Crippen LogP contribution in [0, 0.1) is 13.8 Å². The van der Waals surface area contributed by atoms with E-state index in [1.807, 2.05) is 45.6 Å². The van der Waals surface area contributed by atoms with Crippen LogP contribution in [0.15, 0.2) is 36.2 Å². The number of aromatic nitrogens is 4. The van der Waals surface area contributed by atoms with Gasteiger partial charge in [-0.25, -0.2) is 28.9 Å². The van der Waals surface area contributed by atoms with Gasteiger partial charge in [0.05, 0.1) is 35.0 Å². The van der Waals surface area contributed by atoms with Crippen molar-refractivity contribution in [2.45, 2.75) is 78.2 Å². The van der Waals surface area contributed by atoms with Crippen molar-refractivity contribution in [3.63, 3.8) is 0 Å². The fraction of sp³-hybridized carbons (Fsp3) is 0.484. The van der Waals surface area contributed by atoms with Crippen molar-refractivity contribution in [2.24, 2.45) is 0 Å². The molecule has 3 aromatic rings. The lowest BCUT2D eigenvalue weighted by Crippen LogP contribution is -2.58. The van der Waals surface area contributed by atoms with Gasteiger partial charge in [0.2, 0.25) is 0 Å². The Kier molecular flexibility index (Phi) is 6.82. The molecule has 13 nitrogen and oxygen atoms in total. The van der Waals surface area contributed by atoms with Crippen molar-refractivity contribution in [1.29, 1.82) is 0 Å². The van der Waals surface area contributed by atoms with Gasteiger partial charge in [-0.1, -0.05) is 0 Å². The summed E-state index contributed by atoms with van der Waals surface area (Å²) >= 11 is 0. The number of nitrogens with zero attached hydrogens (tertiary/aromatic N) is 6. The Hall–Kier alpha value is -4.68. The Bertz CT molecular complexity index is 1680. The van der Waals surface area contributed by atoms with Crippen LogP contribution in [0.4, 0.5) is 16.3 Å². The summed E-state index contributed by atoms with van der Waals surface area (Å²) in [5.41, 5.74) is 2.44. The number of ether oxygens (including phenoxy) is 3. The van der Waals surface area contributed by atoms with E-state index in [1.54, 1.807) is 29.0 Å². The van der Waals surface area contributed by atoms with Crippen LogP contribution < -0.4 is 10.2 Å². The van der Waals surface area contributed by atoms with Crippen LogP contribution in [0.25, 0.3) is 11.3 Å². The number of cyclic esters (lactones) is 2. The van der Waals surface area contributed by atoms with Crippen molar-refractivity contribution in [2.75, 3.05) is 29.9 Å². The molecule has 1 amide bonds. The third-order valence-corrected chi connectivity index (χ3v) is 7.78. The summed E-state index contributed by atoms with van der Waals surface area (Å²) < 4.78 is 18.1. The van der Waals surface area contributed by atoms with Gasteiger partial charge in [-0.05, 0) is 71.2 Å². The van der Waals surface area contributed by atoms with E-state index in [1.165, 1.54) is 13.8 Å². The number of pyridine rings is 1. The van der Waals surface area contributed by atoms with E-state index in [-0.39, 0.29) is 22.9 Å². The summed E-state index contributed by atoms with van der Waals surface area (Å²) in [7, 11) is 0. The maximum atomic E-state index is 13.1. The molecule has 6 rings (SSSR count). The first-order chi connectivity index (χ1) is 20.6. The van der Waals surface area contributed by atoms with E-state index < -0.39 is 23.3 Å². The van der Waals surface area contributed by atoms with Crippen LogP contribution in [-0.4, -0.2) is 79.1 Å². The minimum Gasteiger partial charge on any atom is -0.444 e. The predicted octanol–water partition coefficient (Wildman–Crippen LogP) is 3.99. The molecule has 1 spiro atoms. The monoisotopic (exact) mass is 603 g/mol. The second kappa shape index (κ2) is 10.2. The first kappa shape index (κ1) is 29.4. The van der Waals surface area contributed by atoms with Gasteiger partial charge in [-0.3, -0.25) is 4.90 Å². The number of carbonyl (C=O) groups is 3. The lowest BCUT2D eigenvalue weighted by molar-refractivity contribution is -0.222. The van der Waals surface area contributed by atoms with E-state index in [9.17, 15) is 14.4 Å². The number of anilines is 2. The Morgan fingerprint density at radius 2 is 1.77 bits per heavy atom. The third-order valence-electron chi connectivity index (χ3n) is 7.78. The quantitative estimate of drug-likeness (QED) is 0.263. The standard InChI is InChI=1S/C31H37N7O6/c1-18-14-21(35-38-16-19(2)33-25(18)38)24(23-26(39)42-30(6,7)43-27(23)40)34-22-9-8-20(15-32-22)36-12-13-37(31(17-36)10-11-31)28(41)44-29(3,4)5/h8-9,14-16H,10-13,17H2,1-7H3,(H,32,34). The molecule has 232 valence electrons. The van der Waals surface area contributed by atoms with Gasteiger partial charge in [0.1, 0.15) is 17.1 Å². The second-order valence-corrected chi connectivity index (χ2v) is 13.1. The Labute approximate surface area is 255 Å². The van der Waals surface area contributed by atoms with Gasteiger partial charge >= 0.3 is 18.0 Å². The van der Waals surface area contributed by atoms with Crippen molar-refractivity contribution in [1.82, 2.24) is 24.5 Å². The largest absolute Gasteiger partial charge is 0.444 e. The number of hydrogen-bond acceptors (Lipinski definition) is 11. The number of amides is 1. The Morgan fingerprint density at radius 3 is 2.39 bits per heavy atom. The maximum absolute atomic E-state index is 13.1. The second-order valence-electron chi connectivity index (χ2n) is 13.1. The molecule has 13 heteroatoms. The third kappa shape index (κ3) is 5.65.